The Labute approximate surface area is 171 Å². The molecule has 0 aliphatic carbocycles. The maximum Gasteiger partial charge on any atom is 0.396 e. The van der Waals surface area contributed by atoms with Crippen LogP contribution in [0.5, 0.6) is 0 Å². The lowest BCUT2D eigenvalue weighted by Gasteiger charge is -2.12. The van der Waals surface area contributed by atoms with E-state index in [9.17, 15) is 13.2 Å². The van der Waals surface area contributed by atoms with Gasteiger partial charge in [-0.3, -0.25) is 0 Å². The zero-order valence-corrected chi connectivity index (χ0v) is 16.4. The van der Waals surface area contributed by atoms with E-state index in [0.29, 0.717) is 11.0 Å². The van der Waals surface area contributed by atoms with E-state index in [4.69, 9.17) is 23.2 Å². The summed E-state index contributed by atoms with van der Waals surface area (Å²) < 4.78 is 44.5. The van der Waals surface area contributed by atoms with Crippen molar-refractivity contribution in [1.82, 2.24) is 19.1 Å². The first-order valence-corrected chi connectivity index (χ1v) is 9.67. The molecule has 2 aromatic carbocycles. The highest BCUT2D eigenvalue weighted by molar-refractivity contribution is 7.03. The van der Waals surface area contributed by atoms with Crippen molar-refractivity contribution in [2.24, 2.45) is 0 Å². The minimum Gasteiger partial charge on any atom is -0.323 e. The Bertz CT molecular complexity index is 1120. The molecule has 0 atom stereocenters. The van der Waals surface area contributed by atoms with Crippen LogP contribution in [0.25, 0.3) is 22.3 Å². The van der Waals surface area contributed by atoms with Crippen LogP contribution >= 0.6 is 34.7 Å². The highest BCUT2D eigenvalue weighted by Crippen LogP contribution is 2.31. The van der Waals surface area contributed by atoms with Crippen molar-refractivity contribution >= 4 is 45.8 Å². The number of hydrogen-bond acceptors (Lipinski definition) is 4. The van der Waals surface area contributed by atoms with Gasteiger partial charge in [-0.25, -0.2) is 4.98 Å². The summed E-state index contributed by atoms with van der Waals surface area (Å²) in [5.41, 5.74) is 3.34. The minimum atomic E-state index is -4.38. The van der Waals surface area contributed by atoms with Crippen LogP contribution in [0.3, 0.4) is 0 Å². The number of rotatable bonds is 4. The van der Waals surface area contributed by atoms with Crippen molar-refractivity contribution in [3.05, 3.63) is 63.2 Å². The molecular weight excluding hydrogens is 432 g/mol. The van der Waals surface area contributed by atoms with E-state index in [2.05, 4.69) is 14.6 Å². The van der Waals surface area contributed by atoms with Gasteiger partial charge in [0, 0.05) is 17.5 Å². The Balaban J connectivity index is 1.74. The standard InChI is InChI=1S/C18H11Cl2F3N4S/c19-12-5-14-16(6-13(12)20)27(17(24-14)7-18(21,22)23)8-10-1-3-11(4-2-10)15-9-28-26-25-15/h1-6,9H,7-8H2. The van der Waals surface area contributed by atoms with Gasteiger partial charge >= 0.3 is 6.18 Å². The molecule has 0 saturated carbocycles. The molecule has 0 spiro atoms. The lowest BCUT2D eigenvalue weighted by Crippen LogP contribution is -2.16. The number of fused-ring (bicyclic) bond motifs is 1. The lowest BCUT2D eigenvalue weighted by atomic mass is 10.1. The average molecular weight is 443 g/mol. The molecule has 0 saturated heterocycles. The fraction of sp³-hybridized carbons (Fsp3) is 0.167. The Hall–Kier alpha value is -2.16. The number of halogens is 5. The van der Waals surface area contributed by atoms with Crippen LogP contribution in [0.2, 0.25) is 10.0 Å². The van der Waals surface area contributed by atoms with Crippen molar-refractivity contribution in [2.45, 2.75) is 19.1 Å². The molecule has 0 amide bonds. The summed E-state index contributed by atoms with van der Waals surface area (Å²) in [4.78, 5) is 4.14. The second-order valence-electron chi connectivity index (χ2n) is 6.15. The van der Waals surface area contributed by atoms with E-state index in [1.807, 2.05) is 29.6 Å². The second kappa shape index (κ2) is 7.35. The van der Waals surface area contributed by atoms with Gasteiger partial charge in [0.05, 0.1) is 21.1 Å². The SMILES string of the molecule is FC(F)(F)Cc1nc2cc(Cl)c(Cl)cc2n1Cc1ccc(-c2csnn2)cc1. The predicted molar refractivity (Wildman–Crippen MR) is 104 cm³/mol. The Morgan fingerprint density at radius 1 is 1.04 bits per heavy atom. The molecule has 144 valence electrons. The molecule has 0 aliphatic rings. The molecule has 4 aromatic rings. The summed E-state index contributed by atoms with van der Waals surface area (Å²) in [7, 11) is 0. The summed E-state index contributed by atoms with van der Waals surface area (Å²) in [6.45, 7) is 0.218. The van der Waals surface area contributed by atoms with Gasteiger partial charge in [0.2, 0.25) is 0 Å². The molecule has 0 bridgehead atoms. The molecule has 0 unspecified atom stereocenters. The van der Waals surface area contributed by atoms with E-state index < -0.39 is 12.6 Å². The van der Waals surface area contributed by atoms with Crippen LogP contribution in [-0.2, 0) is 13.0 Å². The van der Waals surface area contributed by atoms with Gasteiger partial charge < -0.3 is 4.57 Å². The van der Waals surface area contributed by atoms with Crippen LogP contribution in [-0.4, -0.2) is 25.3 Å². The number of nitrogens with zero attached hydrogens (tertiary/aromatic N) is 4. The van der Waals surface area contributed by atoms with Gasteiger partial charge in [-0.2, -0.15) is 13.2 Å². The Kier molecular flexibility index (Phi) is 5.03. The summed E-state index contributed by atoms with van der Waals surface area (Å²) in [5.74, 6) is -0.0892. The zero-order chi connectivity index (χ0) is 19.9. The van der Waals surface area contributed by atoms with Crippen molar-refractivity contribution in [1.29, 1.82) is 0 Å². The molecule has 2 heterocycles. The first-order chi connectivity index (χ1) is 13.3. The van der Waals surface area contributed by atoms with E-state index in [0.717, 1.165) is 16.8 Å². The molecule has 0 aliphatic heterocycles. The molecule has 0 radical (unpaired) electrons. The van der Waals surface area contributed by atoms with Crippen molar-refractivity contribution in [3.63, 3.8) is 0 Å². The van der Waals surface area contributed by atoms with Gasteiger partial charge in [0.15, 0.2) is 0 Å². The molecule has 0 N–H and O–H groups in total. The number of hydrogen-bond donors (Lipinski definition) is 0. The first-order valence-electron chi connectivity index (χ1n) is 8.07. The smallest absolute Gasteiger partial charge is 0.323 e. The third-order valence-corrected chi connectivity index (χ3v) is 5.41. The Morgan fingerprint density at radius 2 is 1.75 bits per heavy atom. The van der Waals surface area contributed by atoms with Crippen LogP contribution < -0.4 is 0 Å². The lowest BCUT2D eigenvalue weighted by molar-refractivity contribution is -0.128. The molecular formula is C18H11Cl2F3N4S. The summed E-state index contributed by atoms with van der Waals surface area (Å²) in [5, 5.41) is 6.34. The van der Waals surface area contributed by atoms with Crippen LogP contribution in [0.1, 0.15) is 11.4 Å². The molecule has 4 nitrogen and oxygen atoms in total. The minimum absolute atomic E-state index is 0.0892. The maximum absolute atomic E-state index is 13.0. The van der Waals surface area contributed by atoms with Gasteiger partial charge in [0.1, 0.15) is 17.9 Å². The van der Waals surface area contributed by atoms with Gasteiger partial charge in [-0.05, 0) is 29.2 Å². The van der Waals surface area contributed by atoms with Gasteiger partial charge in [0.25, 0.3) is 0 Å². The number of alkyl halides is 3. The quantitative estimate of drug-likeness (QED) is 0.388. The summed E-state index contributed by atoms with van der Waals surface area (Å²) in [6, 6.07) is 10.4. The van der Waals surface area contributed by atoms with E-state index >= 15 is 0 Å². The zero-order valence-electron chi connectivity index (χ0n) is 14.0. The fourth-order valence-corrected chi connectivity index (χ4v) is 3.70. The molecule has 10 heteroatoms. The predicted octanol–water partition coefficient (Wildman–Crippen LogP) is 6.01. The monoisotopic (exact) mass is 442 g/mol. The molecule has 0 fully saturated rings. The molecule has 28 heavy (non-hydrogen) atoms. The Morgan fingerprint density at radius 3 is 2.39 bits per heavy atom. The third-order valence-electron chi connectivity index (χ3n) is 4.18. The highest BCUT2D eigenvalue weighted by atomic mass is 35.5. The van der Waals surface area contributed by atoms with E-state index in [1.165, 1.54) is 22.2 Å². The number of benzene rings is 2. The summed E-state index contributed by atoms with van der Waals surface area (Å²) >= 11 is 13.3. The largest absolute Gasteiger partial charge is 0.396 e. The average Bonchev–Trinajstić information content (AvgIpc) is 3.25. The summed E-state index contributed by atoms with van der Waals surface area (Å²) in [6.07, 6.45) is -5.52. The molecule has 2 aromatic heterocycles. The maximum atomic E-state index is 13.0. The van der Waals surface area contributed by atoms with E-state index in [1.54, 1.807) is 6.07 Å². The number of imidazole rings is 1. The molecule has 4 rings (SSSR count). The second-order valence-corrected chi connectivity index (χ2v) is 7.57. The van der Waals surface area contributed by atoms with Gasteiger partial charge in [-0.1, -0.05) is 52.0 Å². The van der Waals surface area contributed by atoms with Crippen molar-refractivity contribution < 1.29 is 13.2 Å². The van der Waals surface area contributed by atoms with Crippen LogP contribution in [0.15, 0.2) is 41.8 Å². The van der Waals surface area contributed by atoms with Crippen molar-refractivity contribution in [2.75, 3.05) is 0 Å². The van der Waals surface area contributed by atoms with E-state index in [-0.39, 0.29) is 22.4 Å². The number of aromatic nitrogens is 4. The highest BCUT2D eigenvalue weighted by Gasteiger charge is 2.31. The third kappa shape index (κ3) is 3.99. The topological polar surface area (TPSA) is 43.6 Å². The van der Waals surface area contributed by atoms with Crippen LogP contribution in [0, 0.1) is 0 Å². The van der Waals surface area contributed by atoms with Gasteiger partial charge in [-0.15, -0.1) is 5.10 Å². The first kappa shape index (κ1) is 19.2. The fourth-order valence-electron chi connectivity index (χ4n) is 2.91. The van der Waals surface area contributed by atoms with Crippen molar-refractivity contribution in [3.8, 4) is 11.3 Å². The normalized spacial score (nSPS) is 12.0. The van der Waals surface area contributed by atoms with Crippen LogP contribution in [0.4, 0.5) is 13.2 Å².